The Morgan fingerprint density at radius 3 is 1.96 bits per heavy atom. The molecule has 0 N–H and O–H groups in total. The molecule has 1 saturated heterocycles. The lowest BCUT2D eigenvalue weighted by molar-refractivity contribution is -0.143. The first-order valence-electron chi connectivity index (χ1n) is 8.02. The first kappa shape index (κ1) is 17.8. The number of carbonyl (C=O) groups excluding carboxylic acids is 4. The molecule has 0 atom stereocenters. The highest BCUT2D eigenvalue weighted by Crippen LogP contribution is 2.17. The van der Waals surface area contributed by atoms with E-state index in [1.165, 1.54) is 0 Å². The number of hydrogen-bond donors (Lipinski definition) is 0. The lowest BCUT2D eigenvalue weighted by Gasteiger charge is -2.16. The summed E-state index contributed by atoms with van der Waals surface area (Å²) in [6.45, 7) is 7.53. The number of Topliss-reactive ketones (excluding diaryl/α,β-unsaturated/α-hetero) is 1. The first-order valence-corrected chi connectivity index (χ1v) is 8.02. The maximum absolute atomic E-state index is 12.3. The second-order valence-electron chi connectivity index (χ2n) is 6.68. The van der Waals surface area contributed by atoms with Gasteiger partial charge in [-0.3, -0.25) is 19.3 Å². The van der Waals surface area contributed by atoms with E-state index >= 15 is 0 Å². The van der Waals surface area contributed by atoms with Crippen LogP contribution in [0.5, 0.6) is 0 Å². The van der Waals surface area contributed by atoms with Crippen LogP contribution in [-0.2, 0) is 9.59 Å². The van der Waals surface area contributed by atoms with Crippen molar-refractivity contribution in [2.24, 2.45) is 5.92 Å². The fraction of sp³-hybridized carbons (Fsp3) is 0.444. The average Bonchev–Trinajstić information content (AvgIpc) is 2.72. The second-order valence-corrected chi connectivity index (χ2v) is 6.68. The van der Waals surface area contributed by atoms with Crippen LogP contribution in [0, 0.1) is 5.92 Å². The van der Waals surface area contributed by atoms with Crippen LogP contribution in [0.2, 0.25) is 0 Å². The summed E-state index contributed by atoms with van der Waals surface area (Å²) < 4.78 is 0. The molecule has 0 unspecified atom stereocenters. The van der Waals surface area contributed by atoms with Crippen LogP contribution < -0.4 is 0 Å². The van der Waals surface area contributed by atoms with Crippen molar-refractivity contribution in [1.29, 1.82) is 0 Å². The Balaban J connectivity index is 2.12. The minimum Gasteiger partial charge on any atom is -0.292 e. The molecule has 0 aliphatic carbocycles. The van der Waals surface area contributed by atoms with Gasteiger partial charge in [0.05, 0.1) is 6.54 Å². The number of rotatable bonds is 6. The Bertz CT molecular complexity index is 677. The number of amides is 4. The van der Waals surface area contributed by atoms with Crippen molar-refractivity contribution in [2.45, 2.75) is 33.6 Å². The Labute approximate surface area is 141 Å². The van der Waals surface area contributed by atoms with Crippen LogP contribution in [0.4, 0.5) is 4.79 Å². The number of imide groups is 2. The van der Waals surface area contributed by atoms with E-state index in [4.69, 9.17) is 0 Å². The molecular weight excluding hydrogens is 308 g/mol. The van der Waals surface area contributed by atoms with E-state index in [9.17, 15) is 19.2 Å². The molecular formula is C18H22N2O4. The summed E-state index contributed by atoms with van der Waals surface area (Å²) in [6.07, 6.45) is 0. The third-order valence-electron chi connectivity index (χ3n) is 3.88. The molecule has 1 heterocycles. The van der Waals surface area contributed by atoms with Gasteiger partial charge >= 0.3 is 17.8 Å². The summed E-state index contributed by atoms with van der Waals surface area (Å²) in [5, 5.41) is 0. The zero-order valence-electron chi connectivity index (χ0n) is 14.4. The summed E-state index contributed by atoms with van der Waals surface area (Å²) >= 11 is 0. The van der Waals surface area contributed by atoms with Crippen molar-refractivity contribution in [3.63, 3.8) is 0 Å². The van der Waals surface area contributed by atoms with Gasteiger partial charge in [0.15, 0.2) is 5.78 Å². The van der Waals surface area contributed by atoms with E-state index in [0.717, 1.165) is 15.4 Å². The van der Waals surface area contributed by atoms with Gasteiger partial charge in [0, 0.05) is 12.1 Å². The summed E-state index contributed by atoms with van der Waals surface area (Å²) in [6, 6.07) is 6.34. The van der Waals surface area contributed by atoms with E-state index in [1.807, 2.05) is 39.8 Å². The molecule has 0 radical (unpaired) electrons. The number of benzene rings is 1. The van der Waals surface area contributed by atoms with Gasteiger partial charge < -0.3 is 0 Å². The number of ketones is 1. The van der Waals surface area contributed by atoms with Crippen molar-refractivity contribution in [2.75, 3.05) is 13.1 Å². The monoisotopic (exact) mass is 330 g/mol. The highest BCUT2D eigenvalue weighted by Gasteiger charge is 2.45. The van der Waals surface area contributed by atoms with Crippen molar-refractivity contribution in [1.82, 2.24) is 9.80 Å². The predicted molar refractivity (Wildman–Crippen MR) is 88.5 cm³/mol. The minimum absolute atomic E-state index is 0.0462. The van der Waals surface area contributed by atoms with Crippen LogP contribution in [0.3, 0.4) is 0 Å². The number of nitrogens with zero attached hydrogens (tertiary/aromatic N) is 2. The first-order chi connectivity index (χ1) is 11.2. The molecule has 24 heavy (non-hydrogen) atoms. The summed E-state index contributed by atoms with van der Waals surface area (Å²) in [7, 11) is 0. The summed E-state index contributed by atoms with van der Waals surface area (Å²) in [5.41, 5.74) is 1.51. The molecule has 0 bridgehead atoms. The second kappa shape index (κ2) is 6.95. The van der Waals surface area contributed by atoms with Crippen molar-refractivity contribution < 1.29 is 19.2 Å². The summed E-state index contributed by atoms with van der Waals surface area (Å²) in [4.78, 5) is 50.1. The van der Waals surface area contributed by atoms with E-state index in [-0.39, 0.29) is 18.2 Å². The van der Waals surface area contributed by atoms with Crippen LogP contribution in [0.25, 0.3) is 0 Å². The number of carbonyl (C=O) groups is 4. The van der Waals surface area contributed by atoms with Gasteiger partial charge in [-0.25, -0.2) is 9.69 Å². The molecule has 0 spiro atoms. The third kappa shape index (κ3) is 3.53. The molecule has 1 aliphatic rings. The average molecular weight is 330 g/mol. The standard InChI is InChI=1S/C18H22N2O4/c1-11(2)9-19-16(22)17(23)20(18(19)24)10-15(21)14-7-5-13(6-8-14)12(3)4/h5-8,11-12H,9-10H2,1-4H3. The Morgan fingerprint density at radius 1 is 0.917 bits per heavy atom. The molecule has 6 nitrogen and oxygen atoms in total. The van der Waals surface area contributed by atoms with Gasteiger partial charge in [-0.05, 0) is 17.4 Å². The highest BCUT2D eigenvalue weighted by molar-refractivity contribution is 6.45. The molecule has 1 aromatic carbocycles. The van der Waals surface area contributed by atoms with Crippen LogP contribution in [0.15, 0.2) is 24.3 Å². The largest absolute Gasteiger partial charge is 0.334 e. The number of hydrogen-bond acceptors (Lipinski definition) is 4. The zero-order valence-corrected chi connectivity index (χ0v) is 14.4. The van der Waals surface area contributed by atoms with Gasteiger partial charge in [0.25, 0.3) is 0 Å². The smallest absolute Gasteiger partial charge is 0.292 e. The van der Waals surface area contributed by atoms with E-state index < -0.39 is 24.4 Å². The predicted octanol–water partition coefficient (Wildman–Crippen LogP) is 2.44. The SMILES string of the molecule is CC(C)CN1C(=O)C(=O)N(CC(=O)c2ccc(C(C)C)cc2)C1=O. The maximum atomic E-state index is 12.3. The Kier molecular flexibility index (Phi) is 5.17. The quantitative estimate of drug-likeness (QED) is 0.456. The molecule has 1 fully saturated rings. The topological polar surface area (TPSA) is 74.8 Å². The molecule has 0 saturated carbocycles. The van der Waals surface area contributed by atoms with E-state index in [0.29, 0.717) is 11.5 Å². The van der Waals surface area contributed by atoms with E-state index in [1.54, 1.807) is 12.1 Å². The lowest BCUT2D eigenvalue weighted by atomic mass is 10.0. The van der Waals surface area contributed by atoms with Gasteiger partial charge in [0.2, 0.25) is 0 Å². The minimum atomic E-state index is -0.937. The Morgan fingerprint density at radius 2 is 1.46 bits per heavy atom. The molecule has 4 amide bonds. The highest BCUT2D eigenvalue weighted by atomic mass is 16.2. The van der Waals surface area contributed by atoms with Crippen molar-refractivity contribution >= 4 is 23.6 Å². The fourth-order valence-electron chi connectivity index (χ4n) is 2.50. The Hall–Kier alpha value is -2.50. The maximum Gasteiger partial charge on any atom is 0.334 e. The van der Waals surface area contributed by atoms with Crippen LogP contribution in [-0.4, -0.2) is 46.5 Å². The number of urea groups is 1. The molecule has 2 rings (SSSR count). The van der Waals surface area contributed by atoms with Crippen LogP contribution in [0.1, 0.15) is 49.5 Å². The molecule has 1 aromatic rings. The normalized spacial score (nSPS) is 15.2. The lowest BCUT2D eigenvalue weighted by Crippen LogP contribution is -2.38. The third-order valence-corrected chi connectivity index (χ3v) is 3.88. The van der Waals surface area contributed by atoms with Crippen molar-refractivity contribution in [3.8, 4) is 0 Å². The summed E-state index contributed by atoms with van der Waals surface area (Å²) in [5.74, 6) is -1.78. The van der Waals surface area contributed by atoms with E-state index in [2.05, 4.69) is 0 Å². The van der Waals surface area contributed by atoms with Gasteiger partial charge in [-0.2, -0.15) is 0 Å². The molecule has 128 valence electrons. The molecule has 1 aliphatic heterocycles. The fourth-order valence-corrected chi connectivity index (χ4v) is 2.50. The van der Waals surface area contributed by atoms with Gasteiger partial charge in [-0.1, -0.05) is 52.0 Å². The molecule has 0 aromatic heterocycles. The zero-order chi connectivity index (χ0) is 18.0. The van der Waals surface area contributed by atoms with Crippen molar-refractivity contribution in [3.05, 3.63) is 35.4 Å². The van der Waals surface area contributed by atoms with Crippen LogP contribution >= 0.6 is 0 Å². The van der Waals surface area contributed by atoms with Gasteiger partial charge in [0.1, 0.15) is 0 Å². The van der Waals surface area contributed by atoms with Gasteiger partial charge in [-0.15, -0.1) is 0 Å². The molecule has 6 heteroatoms.